The van der Waals surface area contributed by atoms with E-state index >= 15 is 0 Å². The van der Waals surface area contributed by atoms with E-state index in [2.05, 4.69) is 36.9 Å². The summed E-state index contributed by atoms with van der Waals surface area (Å²) < 4.78 is 6.03. The van der Waals surface area contributed by atoms with E-state index in [4.69, 9.17) is 9.88 Å². The zero-order valence-electron chi connectivity index (χ0n) is 10.9. The minimum absolute atomic E-state index is 0.288. The highest BCUT2D eigenvalue weighted by molar-refractivity contribution is 8.16. The lowest BCUT2D eigenvalue weighted by Gasteiger charge is -2.22. The molecule has 2 N–H and O–H groups in total. The van der Waals surface area contributed by atoms with Crippen molar-refractivity contribution in [1.29, 1.82) is 0 Å². The molecule has 5 heteroatoms. The monoisotopic (exact) mass is 284 g/mol. The topological polar surface area (TPSA) is 38.5 Å². The summed E-state index contributed by atoms with van der Waals surface area (Å²) in [6.07, 6.45) is 2.27. The van der Waals surface area contributed by atoms with E-state index in [1.807, 2.05) is 0 Å². The largest absolute Gasteiger partial charge is 0.494 e. The Bertz CT molecular complexity index is 401. The van der Waals surface area contributed by atoms with Gasteiger partial charge in [-0.1, -0.05) is 25.1 Å². The van der Waals surface area contributed by atoms with E-state index in [1.165, 1.54) is 22.5 Å². The summed E-state index contributed by atoms with van der Waals surface area (Å²) in [7, 11) is 0. The first kappa shape index (κ1) is 13.9. The maximum Gasteiger partial charge on any atom is 0.140 e. The molecule has 18 heavy (non-hydrogen) atoms. The van der Waals surface area contributed by atoms with Gasteiger partial charge >= 0.3 is 0 Å². The minimum Gasteiger partial charge on any atom is -0.494 e. The van der Waals surface area contributed by atoms with Crippen molar-refractivity contribution in [3.05, 3.63) is 18.2 Å². The number of fused-ring (bicyclic) bond motifs is 1. The van der Waals surface area contributed by atoms with Crippen LogP contribution < -0.4 is 14.8 Å². The molecule has 1 aromatic rings. The Morgan fingerprint density at radius 1 is 1.44 bits per heavy atom. The second-order valence-electron chi connectivity index (χ2n) is 4.18. The highest BCUT2D eigenvalue weighted by atomic mass is 32.2. The molecular weight excluding hydrogens is 264 g/mol. The Balaban J connectivity index is 2.09. The van der Waals surface area contributed by atoms with Crippen LogP contribution in [0.15, 0.2) is 23.1 Å². The van der Waals surface area contributed by atoms with Crippen molar-refractivity contribution in [3.63, 3.8) is 0 Å². The van der Waals surface area contributed by atoms with Crippen molar-refractivity contribution in [2.45, 2.75) is 36.3 Å². The molecule has 1 atom stereocenters. The Morgan fingerprint density at radius 3 is 2.94 bits per heavy atom. The number of unbranched alkanes of at least 4 members (excludes halogenated alkanes) is 1. The lowest BCUT2D eigenvalue weighted by molar-refractivity contribution is 0.309. The van der Waals surface area contributed by atoms with Crippen molar-refractivity contribution in [1.82, 2.24) is 0 Å². The summed E-state index contributed by atoms with van der Waals surface area (Å²) in [5, 5.41) is 5.74. The molecule has 3 nitrogen and oxygen atoms in total. The van der Waals surface area contributed by atoms with Gasteiger partial charge in [0, 0.05) is 11.4 Å². The molecule has 1 aliphatic rings. The number of anilines is 1. The summed E-state index contributed by atoms with van der Waals surface area (Å²) >= 11 is 3.20. The maximum atomic E-state index is 5.74. The van der Waals surface area contributed by atoms with Crippen LogP contribution in [0.3, 0.4) is 0 Å². The van der Waals surface area contributed by atoms with Crippen molar-refractivity contribution < 1.29 is 4.74 Å². The molecule has 1 aliphatic heterocycles. The summed E-state index contributed by atoms with van der Waals surface area (Å²) in [6, 6.07) is 6.33. The van der Waals surface area contributed by atoms with Crippen LogP contribution in [0.2, 0.25) is 0 Å². The van der Waals surface area contributed by atoms with E-state index in [-0.39, 0.29) is 4.71 Å². The van der Waals surface area contributed by atoms with Gasteiger partial charge in [0.05, 0.1) is 12.3 Å². The number of benzene rings is 1. The fraction of sp³-hybridized carbons (Fsp3) is 0.538. The average Bonchev–Trinajstić information content (AvgIpc) is 2.75. The van der Waals surface area contributed by atoms with Gasteiger partial charge in [0.2, 0.25) is 0 Å². The SMILES string of the molecule is CCCCOc1ccc2c(c1)SC(SN)N2CC. The molecule has 0 saturated carbocycles. The number of rotatable bonds is 6. The van der Waals surface area contributed by atoms with Crippen LogP contribution >= 0.6 is 23.7 Å². The van der Waals surface area contributed by atoms with Gasteiger partial charge in [0.1, 0.15) is 10.5 Å². The molecule has 1 heterocycles. The lowest BCUT2D eigenvalue weighted by atomic mass is 10.3. The van der Waals surface area contributed by atoms with Gasteiger partial charge in [-0.2, -0.15) is 0 Å². The number of thioether (sulfide) groups is 1. The third-order valence-corrected chi connectivity index (χ3v) is 5.09. The van der Waals surface area contributed by atoms with Crippen LogP contribution in [-0.4, -0.2) is 17.9 Å². The zero-order chi connectivity index (χ0) is 13.0. The molecule has 1 unspecified atom stereocenters. The first-order valence-electron chi connectivity index (χ1n) is 6.35. The van der Waals surface area contributed by atoms with Crippen molar-refractivity contribution in [3.8, 4) is 5.75 Å². The number of hydrogen-bond donors (Lipinski definition) is 1. The zero-order valence-corrected chi connectivity index (χ0v) is 12.5. The van der Waals surface area contributed by atoms with Crippen LogP contribution in [0.1, 0.15) is 26.7 Å². The lowest BCUT2D eigenvalue weighted by Crippen LogP contribution is -2.27. The predicted molar refractivity (Wildman–Crippen MR) is 81.3 cm³/mol. The molecule has 0 radical (unpaired) electrons. The molecule has 0 amide bonds. The van der Waals surface area contributed by atoms with E-state index in [0.29, 0.717) is 0 Å². The fourth-order valence-corrected chi connectivity index (χ4v) is 4.00. The molecule has 0 aliphatic carbocycles. The van der Waals surface area contributed by atoms with Gasteiger partial charge in [0.15, 0.2) is 0 Å². The summed E-state index contributed by atoms with van der Waals surface area (Å²) in [4.78, 5) is 3.59. The molecule has 0 spiro atoms. The van der Waals surface area contributed by atoms with Gasteiger partial charge < -0.3 is 9.64 Å². The Hall–Kier alpha value is -0.520. The standard InChI is InChI=1S/C13H20N2OS2/c1-3-5-8-16-10-6-7-11-12(9-10)17-13(18-14)15(11)4-2/h6-7,9,13H,3-5,8,14H2,1-2H3. The van der Waals surface area contributed by atoms with E-state index in [0.717, 1.165) is 31.7 Å². The Kier molecular flexibility index (Phi) is 5.09. The molecule has 0 aromatic heterocycles. The van der Waals surface area contributed by atoms with Gasteiger partial charge in [-0.15, -0.1) is 0 Å². The first-order valence-corrected chi connectivity index (χ1v) is 8.18. The second kappa shape index (κ2) is 6.59. The Labute approximate surface area is 118 Å². The van der Waals surface area contributed by atoms with Gasteiger partial charge in [-0.05, 0) is 43.5 Å². The summed E-state index contributed by atoms with van der Waals surface area (Å²) in [5.41, 5.74) is 1.27. The minimum atomic E-state index is 0.288. The number of nitrogens with zero attached hydrogens (tertiary/aromatic N) is 1. The quantitative estimate of drug-likeness (QED) is 0.637. The van der Waals surface area contributed by atoms with Crippen LogP contribution in [-0.2, 0) is 0 Å². The number of ether oxygens (including phenoxy) is 1. The average molecular weight is 284 g/mol. The molecule has 1 aromatic carbocycles. The number of hydrogen-bond acceptors (Lipinski definition) is 5. The first-order chi connectivity index (χ1) is 8.80. The summed E-state index contributed by atoms with van der Waals surface area (Å²) in [6.45, 7) is 6.10. The smallest absolute Gasteiger partial charge is 0.140 e. The third kappa shape index (κ3) is 2.90. The van der Waals surface area contributed by atoms with E-state index in [1.54, 1.807) is 11.8 Å². The molecular formula is C13H20N2OS2. The van der Waals surface area contributed by atoms with Crippen LogP contribution in [0.5, 0.6) is 5.75 Å². The third-order valence-electron chi connectivity index (χ3n) is 2.95. The fourth-order valence-electron chi connectivity index (χ4n) is 1.96. The maximum absolute atomic E-state index is 5.74. The number of nitrogens with two attached hydrogens (primary N) is 1. The predicted octanol–water partition coefficient (Wildman–Crippen LogP) is 3.69. The second-order valence-corrected chi connectivity index (χ2v) is 6.32. The normalized spacial score (nSPS) is 17.9. The Morgan fingerprint density at radius 2 is 2.28 bits per heavy atom. The van der Waals surface area contributed by atoms with Crippen molar-refractivity contribution >= 4 is 29.4 Å². The molecule has 0 saturated heterocycles. The van der Waals surface area contributed by atoms with Crippen LogP contribution in [0.25, 0.3) is 0 Å². The molecule has 2 rings (SSSR count). The highest BCUT2D eigenvalue weighted by Gasteiger charge is 2.28. The molecule has 0 bridgehead atoms. The van der Waals surface area contributed by atoms with Crippen LogP contribution in [0, 0.1) is 0 Å². The highest BCUT2D eigenvalue weighted by Crippen LogP contribution is 2.47. The van der Waals surface area contributed by atoms with Gasteiger partial charge in [0.25, 0.3) is 0 Å². The van der Waals surface area contributed by atoms with Gasteiger partial charge in [-0.3, -0.25) is 5.14 Å². The van der Waals surface area contributed by atoms with Crippen molar-refractivity contribution in [2.24, 2.45) is 5.14 Å². The van der Waals surface area contributed by atoms with Gasteiger partial charge in [-0.25, -0.2) is 0 Å². The van der Waals surface area contributed by atoms with Crippen molar-refractivity contribution in [2.75, 3.05) is 18.1 Å². The summed E-state index contributed by atoms with van der Waals surface area (Å²) in [5.74, 6) is 0.966. The van der Waals surface area contributed by atoms with E-state index < -0.39 is 0 Å². The molecule has 100 valence electrons. The molecule has 0 fully saturated rings. The van der Waals surface area contributed by atoms with Crippen LogP contribution in [0.4, 0.5) is 5.69 Å². The van der Waals surface area contributed by atoms with E-state index in [9.17, 15) is 0 Å².